The molecule has 2 aromatic heterocycles. The molecule has 0 saturated carbocycles. The van der Waals surface area contributed by atoms with Gasteiger partial charge in [-0.25, -0.2) is 4.79 Å². The molecule has 2 N–H and O–H groups in total. The summed E-state index contributed by atoms with van der Waals surface area (Å²) in [5, 5.41) is 20.9. The number of hydrogen-bond donors (Lipinski definition) is 2. The molecule has 0 fully saturated rings. The molecule has 3 aromatic rings. The molecule has 0 radical (unpaired) electrons. The third-order valence-corrected chi connectivity index (χ3v) is 4.69. The van der Waals surface area contributed by atoms with E-state index in [4.69, 9.17) is 16.7 Å². The van der Waals surface area contributed by atoms with Gasteiger partial charge >= 0.3 is 5.97 Å². The fourth-order valence-corrected chi connectivity index (χ4v) is 3.07. The minimum atomic E-state index is -1.14. The van der Waals surface area contributed by atoms with Crippen molar-refractivity contribution in [1.82, 2.24) is 19.6 Å². The summed E-state index contributed by atoms with van der Waals surface area (Å²) in [4.78, 5) is 23.6. The second-order valence-corrected chi connectivity index (χ2v) is 6.92. The third-order valence-electron chi connectivity index (χ3n) is 4.45. The van der Waals surface area contributed by atoms with Gasteiger partial charge in [0.15, 0.2) is 5.69 Å². The van der Waals surface area contributed by atoms with Crippen molar-refractivity contribution in [3.05, 3.63) is 64.2 Å². The van der Waals surface area contributed by atoms with E-state index in [1.54, 1.807) is 11.6 Å². The van der Waals surface area contributed by atoms with Crippen LogP contribution in [0.1, 0.15) is 40.4 Å². The quantitative estimate of drug-likeness (QED) is 0.659. The van der Waals surface area contributed by atoms with E-state index >= 15 is 0 Å². The lowest BCUT2D eigenvalue weighted by Crippen LogP contribution is -2.25. The van der Waals surface area contributed by atoms with Crippen LogP contribution in [0.25, 0.3) is 0 Å². The van der Waals surface area contributed by atoms with Crippen molar-refractivity contribution in [2.45, 2.75) is 33.4 Å². The van der Waals surface area contributed by atoms with Gasteiger partial charge < -0.3 is 10.4 Å². The van der Waals surface area contributed by atoms with Crippen LogP contribution in [0.3, 0.4) is 0 Å². The molecule has 1 aromatic carbocycles. The smallest absolute Gasteiger partial charge is 0.356 e. The van der Waals surface area contributed by atoms with Gasteiger partial charge in [0.1, 0.15) is 6.04 Å². The van der Waals surface area contributed by atoms with Gasteiger partial charge in [-0.05, 0) is 44.5 Å². The third kappa shape index (κ3) is 4.07. The Kier molecular flexibility index (Phi) is 5.51. The summed E-state index contributed by atoms with van der Waals surface area (Å²) in [5.74, 6) is -1.45. The number of carbonyl (C=O) groups is 2. The molecule has 8 nitrogen and oxygen atoms in total. The van der Waals surface area contributed by atoms with Crippen LogP contribution in [0.2, 0.25) is 5.02 Å². The Hall–Kier alpha value is -3.13. The molecule has 2 heterocycles. The van der Waals surface area contributed by atoms with Crippen LogP contribution in [0.15, 0.2) is 36.5 Å². The Morgan fingerprint density at radius 1 is 1.25 bits per heavy atom. The number of hydrogen-bond acceptors (Lipinski definition) is 4. The summed E-state index contributed by atoms with van der Waals surface area (Å²) in [5.41, 5.74) is 3.02. The number of halogens is 1. The highest BCUT2D eigenvalue weighted by molar-refractivity contribution is 6.30. The summed E-state index contributed by atoms with van der Waals surface area (Å²) in [6.07, 6.45) is 1.47. The van der Waals surface area contributed by atoms with E-state index in [0.29, 0.717) is 22.9 Å². The molecule has 0 spiro atoms. The van der Waals surface area contributed by atoms with Gasteiger partial charge in [0.2, 0.25) is 5.91 Å². The zero-order valence-corrected chi connectivity index (χ0v) is 16.4. The first-order chi connectivity index (χ1) is 13.3. The van der Waals surface area contributed by atoms with Crippen molar-refractivity contribution in [2.24, 2.45) is 0 Å². The molecule has 0 aliphatic rings. The van der Waals surface area contributed by atoms with Crippen LogP contribution in [0.5, 0.6) is 0 Å². The number of rotatable bonds is 6. The Labute approximate surface area is 166 Å². The molecule has 1 atom stereocenters. The molecule has 3 rings (SSSR count). The molecule has 9 heteroatoms. The lowest BCUT2D eigenvalue weighted by Gasteiger charge is -2.13. The summed E-state index contributed by atoms with van der Waals surface area (Å²) in [6, 6.07) is 8.19. The van der Waals surface area contributed by atoms with E-state index in [9.17, 15) is 9.59 Å². The normalized spacial score (nSPS) is 12.0. The van der Waals surface area contributed by atoms with Crippen molar-refractivity contribution in [3.63, 3.8) is 0 Å². The minimum absolute atomic E-state index is 0.110. The number of anilines is 1. The highest BCUT2D eigenvalue weighted by atomic mass is 35.5. The minimum Gasteiger partial charge on any atom is -0.476 e. The highest BCUT2D eigenvalue weighted by Gasteiger charge is 2.21. The number of carboxylic acid groups (broad SMARTS) is 1. The molecule has 28 heavy (non-hydrogen) atoms. The number of carbonyl (C=O) groups excluding carboxylic acids is 1. The first-order valence-corrected chi connectivity index (χ1v) is 9.02. The fraction of sp³-hybridized carbons (Fsp3) is 0.263. The molecule has 0 aliphatic heterocycles. The standard InChI is InChI=1S/C19H20ClN5O3/c1-11-17(12(2)25(22-11)10-14-5-4-6-15(20)9-14)21-18(26)13(3)24-8-7-16(23-24)19(27)28/h4-9,13H,10H2,1-3H3,(H,21,26)(H,27,28). The number of aromatic carboxylic acids is 1. The van der Waals surface area contributed by atoms with E-state index in [0.717, 1.165) is 11.3 Å². The molecular formula is C19H20ClN5O3. The Morgan fingerprint density at radius 3 is 2.64 bits per heavy atom. The average molecular weight is 402 g/mol. The van der Waals surface area contributed by atoms with Gasteiger partial charge in [-0.1, -0.05) is 23.7 Å². The maximum absolute atomic E-state index is 12.6. The number of aryl methyl sites for hydroxylation is 1. The van der Waals surface area contributed by atoms with Crippen LogP contribution < -0.4 is 5.32 Å². The molecule has 0 aliphatic carbocycles. The number of amides is 1. The first kappa shape index (κ1) is 19.6. The number of nitrogens with one attached hydrogen (secondary N) is 1. The first-order valence-electron chi connectivity index (χ1n) is 8.64. The largest absolute Gasteiger partial charge is 0.476 e. The predicted octanol–water partition coefficient (Wildman–Crippen LogP) is 3.30. The molecule has 0 bridgehead atoms. The van der Waals surface area contributed by atoms with E-state index in [1.807, 2.05) is 38.1 Å². The van der Waals surface area contributed by atoms with Crippen LogP contribution >= 0.6 is 11.6 Å². The average Bonchev–Trinajstić information content (AvgIpc) is 3.23. The van der Waals surface area contributed by atoms with Gasteiger partial charge in [0.05, 0.1) is 23.6 Å². The lowest BCUT2D eigenvalue weighted by atomic mass is 10.2. The van der Waals surface area contributed by atoms with Gasteiger partial charge in [-0.2, -0.15) is 10.2 Å². The molecule has 1 unspecified atom stereocenters. The van der Waals surface area contributed by atoms with Crippen LogP contribution in [-0.4, -0.2) is 36.5 Å². The van der Waals surface area contributed by atoms with Gasteiger partial charge in [-0.3, -0.25) is 14.2 Å². The monoisotopic (exact) mass is 401 g/mol. The van der Waals surface area contributed by atoms with Crippen molar-refractivity contribution in [3.8, 4) is 0 Å². The van der Waals surface area contributed by atoms with E-state index in [-0.39, 0.29) is 11.6 Å². The summed E-state index contributed by atoms with van der Waals surface area (Å²) in [7, 11) is 0. The maximum atomic E-state index is 12.6. The number of benzene rings is 1. The fourth-order valence-electron chi connectivity index (χ4n) is 2.86. The zero-order valence-electron chi connectivity index (χ0n) is 15.7. The van der Waals surface area contributed by atoms with Crippen LogP contribution in [-0.2, 0) is 11.3 Å². The number of aromatic nitrogens is 4. The van der Waals surface area contributed by atoms with Crippen molar-refractivity contribution >= 4 is 29.2 Å². The van der Waals surface area contributed by atoms with Crippen molar-refractivity contribution in [2.75, 3.05) is 5.32 Å². The highest BCUT2D eigenvalue weighted by Crippen LogP contribution is 2.22. The Balaban J connectivity index is 1.77. The molecular weight excluding hydrogens is 382 g/mol. The second-order valence-electron chi connectivity index (χ2n) is 6.48. The SMILES string of the molecule is Cc1nn(Cc2cccc(Cl)c2)c(C)c1NC(=O)C(C)n1ccc(C(=O)O)n1. The molecule has 1 amide bonds. The van der Waals surface area contributed by atoms with E-state index in [1.165, 1.54) is 16.9 Å². The topological polar surface area (TPSA) is 102 Å². The van der Waals surface area contributed by atoms with Gasteiger partial charge in [0.25, 0.3) is 0 Å². The molecule has 146 valence electrons. The van der Waals surface area contributed by atoms with E-state index < -0.39 is 12.0 Å². The zero-order chi connectivity index (χ0) is 20.4. The number of carboxylic acids is 1. The molecule has 0 saturated heterocycles. The summed E-state index contributed by atoms with van der Waals surface area (Å²) >= 11 is 6.04. The van der Waals surface area contributed by atoms with Gasteiger partial charge in [-0.15, -0.1) is 0 Å². The number of nitrogens with zero attached hydrogens (tertiary/aromatic N) is 4. The van der Waals surface area contributed by atoms with Crippen LogP contribution in [0, 0.1) is 13.8 Å². The second kappa shape index (κ2) is 7.85. The Bertz CT molecular complexity index is 1040. The predicted molar refractivity (Wildman–Crippen MR) is 105 cm³/mol. The Morgan fingerprint density at radius 2 is 2.00 bits per heavy atom. The lowest BCUT2D eigenvalue weighted by molar-refractivity contribution is -0.119. The summed E-state index contributed by atoms with van der Waals surface area (Å²) in [6.45, 7) is 5.87. The van der Waals surface area contributed by atoms with Crippen LogP contribution in [0.4, 0.5) is 5.69 Å². The van der Waals surface area contributed by atoms with Crippen molar-refractivity contribution in [1.29, 1.82) is 0 Å². The van der Waals surface area contributed by atoms with Gasteiger partial charge in [0, 0.05) is 11.2 Å². The van der Waals surface area contributed by atoms with E-state index in [2.05, 4.69) is 15.5 Å². The maximum Gasteiger partial charge on any atom is 0.356 e. The van der Waals surface area contributed by atoms with Crippen molar-refractivity contribution < 1.29 is 14.7 Å². The summed E-state index contributed by atoms with van der Waals surface area (Å²) < 4.78 is 3.12.